The number of anilines is 5. The monoisotopic (exact) mass is 2190 g/mol. The molecule has 28 nitrogen and oxygen atoms in total. The van der Waals surface area contributed by atoms with Crippen LogP contribution in [0.1, 0.15) is 76.8 Å². The zero-order valence-corrected chi connectivity index (χ0v) is 87.2. The number of nitrogens with one attached hydrogen (secondary N) is 1. The number of morpholine rings is 1. The van der Waals surface area contributed by atoms with Crippen LogP contribution in [0, 0.1) is 0 Å². The molecule has 0 bridgehead atoms. The Morgan fingerprint density at radius 1 is 0.397 bits per heavy atom. The number of alkyl halides is 2. The Kier molecular flexibility index (Phi) is 28.7. The van der Waals surface area contributed by atoms with E-state index in [4.69, 9.17) is 178 Å². The molecule has 8 aliphatic rings. The summed E-state index contributed by atoms with van der Waals surface area (Å²) in [6.07, 6.45) is 5.87. The predicted molar refractivity (Wildman–Crippen MR) is 571 cm³/mol. The molecule has 0 unspecified atom stereocenters. The van der Waals surface area contributed by atoms with E-state index < -0.39 is 18.4 Å². The summed E-state index contributed by atoms with van der Waals surface area (Å²) in [5.74, 6) is 0.514. The van der Waals surface area contributed by atoms with E-state index >= 15 is 0 Å². The van der Waals surface area contributed by atoms with Crippen molar-refractivity contribution in [1.29, 1.82) is 0 Å². The van der Waals surface area contributed by atoms with Crippen LogP contribution in [0.25, 0.3) is 130 Å². The second-order valence-corrected chi connectivity index (χ2v) is 43.2. The van der Waals surface area contributed by atoms with Gasteiger partial charge in [0.2, 0.25) is 29.7 Å². The van der Waals surface area contributed by atoms with Crippen molar-refractivity contribution in [2.24, 2.45) is 0 Å². The highest BCUT2D eigenvalue weighted by atomic mass is 35.5. The second-order valence-electron chi connectivity index (χ2n) is 34.0. The van der Waals surface area contributed by atoms with Gasteiger partial charge in [-0.05, 0) is 73.5 Å². The molecule has 0 aliphatic carbocycles. The summed E-state index contributed by atoms with van der Waals surface area (Å²) in [6, 6.07) is 18.5. The number of carbonyl (C=O) groups excluding carboxylic acids is 1. The Morgan fingerprint density at radius 3 is 0.972 bits per heavy atom. The fraction of sp³-hybridized carbons (Fsp3) is 0.281. The van der Waals surface area contributed by atoms with Crippen LogP contribution in [-0.4, -0.2) is 201 Å². The van der Waals surface area contributed by atoms with Gasteiger partial charge in [0.05, 0.1) is 175 Å². The van der Waals surface area contributed by atoms with Gasteiger partial charge in [0.15, 0.2) is 0 Å². The number of amides is 1. The van der Waals surface area contributed by atoms with E-state index in [0.29, 0.717) is 202 Å². The minimum Gasteiger partial charge on any atom is -0.491 e. The van der Waals surface area contributed by atoms with Gasteiger partial charge in [-0.3, -0.25) is 4.79 Å². The molecule has 730 valence electrons. The summed E-state index contributed by atoms with van der Waals surface area (Å²) in [7, 11) is 5.23. The van der Waals surface area contributed by atoms with Crippen LogP contribution >= 0.6 is 173 Å². The lowest BCUT2D eigenvalue weighted by molar-refractivity contribution is -0.00544. The van der Waals surface area contributed by atoms with Crippen molar-refractivity contribution < 1.29 is 46.7 Å². The third-order valence-corrected chi connectivity index (χ3v) is 32.5. The highest BCUT2D eigenvalue weighted by Gasteiger charge is 2.36. The lowest BCUT2D eigenvalue weighted by Crippen LogP contribution is -2.44. The van der Waals surface area contributed by atoms with E-state index in [-0.39, 0.29) is 34.6 Å². The van der Waals surface area contributed by atoms with Crippen LogP contribution in [0.4, 0.5) is 38.5 Å². The van der Waals surface area contributed by atoms with Crippen LogP contribution in [0.5, 0.6) is 28.7 Å². The molecule has 45 heteroatoms. The van der Waals surface area contributed by atoms with Crippen LogP contribution in [0.3, 0.4) is 0 Å². The van der Waals surface area contributed by atoms with Gasteiger partial charge in [-0.15, -0.1) is 56.7 Å². The number of benzene rings is 5. The summed E-state index contributed by atoms with van der Waals surface area (Å²) >= 11 is 71.6. The standard InChI is InChI=1S/C20H18Cl2N4O2S.C20H18Cl2N4OS.C19H16Cl2F2N4O2S.C19H16Cl2N4O2S.C18H16Cl2N4OS/c1-10(26-3-6-27-7-4-26)15-8-12-17(24-20(23)25-19(12)29-15)16-11-2-5-28-18(11)14(22)9-13(16)21;1-10(26-5-2-3-6-26)15-8-12-17(24-20(23)25-19(12)28-15)16-11-4-7-27-18(11)14(22)9-13(16)21;1-19(22,23)7-27(2)17(28)12-5-9-14(25-18(24)26-16(9)30-12)13-8-3-4-29-15(8)11(21)6-10(13)20;1-8(23-9-6-26-7-9)14-4-11-16(24-19(22)25-18(11)28-14)15-10-2-3-27-17(10)13(21)5-12(15)20;1-8(24(2)3)13-6-10-15(22-18(21)23-17(10)26-13)14-9-4-5-25-16(9)12(20)7-11(14)19/h8-9H,1-7H2,(H2,23,24,25);8-9H,1-7H2,(H2,23,24,25);5-6H,3-4,7H2,1-2H3,(H2,24,25,26);4-5,9,23H,1-3,6-7H2,(H2,22,24,25);6-7H,1,4-5H2,2-3H3,(H2,21,22,23). The average Bonchev–Trinajstić information content (AvgIpc) is 1.64. The Labute approximate surface area is 876 Å². The Morgan fingerprint density at radius 2 is 0.674 bits per heavy atom. The summed E-state index contributed by atoms with van der Waals surface area (Å²) < 4.78 is 65.7. The van der Waals surface area contributed by atoms with E-state index in [1.807, 2.05) is 31.1 Å². The minimum atomic E-state index is -3.01. The number of hydrogen-bond acceptors (Lipinski definition) is 32. The molecule has 23 rings (SSSR count). The first kappa shape index (κ1) is 99.3. The number of halogens is 12. The Hall–Kier alpha value is -10.4. The van der Waals surface area contributed by atoms with Crippen molar-refractivity contribution in [3.63, 3.8) is 0 Å². The number of nitrogens with zero attached hydrogens (tertiary/aromatic N) is 14. The molecule has 3 fully saturated rings. The molecule has 10 aromatic heterocycles. The molecule has 15 aromatic rings. The number of likely N-dealkylation sites (tertiary alicyclic amines) is 1. The molecule has 5 aromatic carbocycles. The molecular formula is C96H84Cl10F2N20O8S5. The summed E-state index contributed by atoms with van der Waals surface area (Å²) in [4.78, 5) is 72.6. The highest BCUT2D eigenvalue weighted by Crippen LogP contribution is 2.54. The van der Waals surface area contributed by atoms with E-state index in [2.05, 4.69) is 103 Å². The van der Waals surface area contributed by atoms with Crippen molar-refractivity contribution in [1.82, 2.24) is 74.8 Å². The number of ether oxygens (including phenoxy) is 7. The van der Waals surface area contributed by atoms with E-state index in [0.717, 1.165) is 201 Å². The lowest BCUT2D eigenvalue weighted by Gasteiger charge is -2.29. The Bertz CT molecular complexity index is 7700. The maximum absolute atomic E-state index is 13.3. The third kappa shape index (κ3) is 19.9. The molecule has 0 radical (unpaired) electrons. The van der Waals surface area contributed by atoms with Crippen LogP contribution in [-0.2, 0) is 41.6 Å². The number of fused-ring (bicyclic) bond motifs is 10. The van der Waals surface area contributed by atoms with Gasteiger partial charge in [0, 0.05) is 192 Å². The molecular weight excluding hydrogens is 2110 g/mol. The second kappa shape index (κ2) is 40.7. The molecule has 0 saturated carbocycles. The first-order valence-electron chi connectivity index (χ1n) is 44.0. The summed E-state index contributed by atoms with van der Waals surface area (Å²) in [5, 5.41) is 12.4. The van der Waals surface area contributed by atoms with Gasteiger partial charge in [0.1, 0.15) is 52.9 Å². The van der Waals surface area contributed by atoms with Gasteiger partial charge in [-0.1, -0.05) is 142 Å². The predicted octanol–water partition coefficient (Wildman–Crippen LogP) is 23.5. The summed E-state index contributed by atoms with van der Waals surface area (Å²) in [6.45, 7) is 26.2. The van der Waals surface area contributed by atoms with Crippen molar-refractivity contribution in [3.8, 4) is 85.0 Å². The average molecular weight is 2200 g/mol. The van der Waals surface area contributed by atoms with Crippen molar-refractivity contribution in [3.05, 3.63) is 189 Å². The molecule has 18 heterocycles. The number of hydrogen-bond donors (Lipinski definition) is 6. The molecule has 3 saturated heterocycles. The van der Waals surface area contributed by atoms with Gasteiger partial charge >= 0.3 is 0 Å². The van der Waals surface area contributed by atoms with Crippen LogP contribution in [0.2, 0.25) is 50.2 Å². The van der Waals surface area contributed by atoms with Crippen LogP contribution in [0.15, 0.2) is 87.0 Å². The zero-order valence-electron chi connectivity index (χ0n) is 75.5. The van der Waals surface area contributed by atoms with E-state index in [1.54, 1.807) is 59.1 Å². The van der Waals surface area contributed by atoms with Gasteiger partial charge in [0.25, 0.3) is 11.8 Å². The largest absolute Gasteiger partial charge is 0.491 e. The molecule has 141 heavy (non-hydrogen) atoms. The zero-order chi connectivity index (χ0) is 99.3. The topological polar surface area (TPSA) is 366 Å². The van der Waals surface area contributed by atoms with Gasteiger partial charge in [-0.2, -0.15) is 0 Å². The maximum atomic E-state index is 13.3. The van der Waals surface area contributed by atoms with Gasteiger partial charge in [-0.25, -0.2) is 58.6 Å². The van der Waals surface area contributed by atoms with Gasteiger partial charge < -0.3 is 86.7 Å². The smallest absolute Gasteiger partial charge is 0.263 e. The number of thiophene rings is 5. The van der Waals surface area contributed by atoms with Crippen molar-refractivity contribution >= 4 is 282 Å². The number of carbonyl (C=O) groups is 1. The number of rotatable bonds is 17. The molecule has 8 aliphatic heterocycles. The molecule has 0 atom stereocenters. The third-order valence-electron chi connectivity index (χ3n) is 24.3. The first-order chi connectivity index (χ1) is 67.5. The summed E-state index contributed by atoms with van der Waals surface area (Å²) in [5.41, 5.74) is 45.5. The van der Waals surface area contributed by atoms with Crippen molar-refractivity contribution in [2.75, 3.05) is 142 Å². The Balaban J connectivity index is 0.000000112. The molecule has 11 N–H and O–H groups in total. The quantitative estimate of drug-likeness (QED) is 0.0493. The molecule has 1 amide bonds. The minimum absolute atomic E-state index is 0.00507. The number of aromatic nitrogens is 10. The first-order valence-corrected chi connectivity index (χ1v) is 51.9. The SMILES string of the molecule is C=C(NC1COC1)c1cc2c(-c3c(Cl)cc(Cl)c4c3CCO4)nc(N)nc2s1.C=C(c1cc2c(-c3c(Cl)cc(Cl)c4c3CCO4)nc(N)nc2s1)N(C)C.C=C(c1cc2c(-c3c(Cl)cc(Cl)c4c3CCO4)nc(N)nc2s1)N1CCCC1.C=C(c1cc2c(-c3c(Cl)cc(Cl)c4c3CCO4)nc(N)nc2s1)N1CCOCC1.CN(CC(C)(F)F)C(=O)c1cc2c(-c3c(Cl)cc(Cl)c4c3CCO4)nc(N)nc2s1. The fourth-order valence-electron chi connectivity index (χ4n) is 17.8. The maximum Gasteiger partial charge on any atom is 0.263 e. The van der Waals surface area contributed by atoms with Crippen LogP contribution < -0.4 is 57.7 Å². The van der Waals surface area contributed by atoms with E-state index in [1.165, 1.54) is 42.6 Å². The van der Waals surface area contributed by atoms with Crippen molar-refractivity contribution in [2.45, 2.75) is 63.8 Å². The molecule has 0 spiro atoms. The fourth-order valence-corrected chi connectivity index (χ4v) is 26.2. The lowest BCUT2D eigenvalue weighted by atomic mass is 10.00. The van der Waals surface area contributed by atoms with E-state index in [9.17, 15) is 13.6 Å². The highest BCUT2D eigenvalue weighted by molar-refractivity contribution is 7.21. The normalized spacial score (nSPS) is 14.9. The number of nitrogens with two attached hydrogens (primary N) is 5. The number of nitrogen functional groups attached to an aromatic ring is 5.